The number of rotatable bonds is 3. The third-order valence-corrected chi connectivity index (χ3v) is 6.06. The maximum absolute atomic E-state index is 13.6. The fourth-order valence-corrected chi connectivity index (χ4v) is 4.07. The van der Waals surface area contributed by atoms with Gasteiger partial charge >= 0.3 is 0 Å². The number of nitrogens with zero attached hydrogens (tertiary/aromatic N) is 5. The van der Waals surface area contributed by atoms with Crippen LogP contribution in [0.25, 0.3) is 28.0 Å². The molecule has 0 unspecified atom stereocenters. The van der Waals surface area contributed by atoms with Gasteiger partial charge in [-0.15, -0.1) is 5.10 Å². The molecule has 158 valence electrons. The smallest absolute Gasteiger partial charge is 0.228 e. The predicted octanol–water partition coefficient (Wildman–Crippen LogP) is 5.09. The molecule has 1 aliphatic heterocycles. The molecule has 0 aliphatic carbocycles. The summed E-state index contributed by atoms with van der Waals surface area (Å²) in [6, 6.07) is 13.5. The second-order valence-corrected chi connectivity index (χ2v) is 8.46. The summed E-state index contributed by atoms with van der Waals surface area (Å²) in [7, 11) is 0. The topological polar surface area (TPSA) is 72.9 Å². The van der Waals surface area contributed by atoms with Crippen molar-refractivity contribution in [2.75, 3.05) is 23.7 Å². The van der Waals surface area contributed by atoms with Crippen molar-refractivity contribution in [1.82, 2.24) is 19.7 Å². The maximum Gasteiger partial charge on any atom is 0.228 e. The van der Waals surface area contributed by atoms with Crippen LogP contribution in [0.5, 0.6) is 0 Å². The number of anilines is 2. The predicted molar refractivity (Wildman–Crippen MR) is 122 cm³/mol. The fourth-order valence-electron chi connectivity index (χ4n) is 3.95. The molecular weight excluding hydrogens is 415 g/mol. The molecule has 1 fully saturated rings. The Morgan fingerprint density at radius 1 is 1.00 bits per heavy atom. The Bertz CT molecular complexity index is 1230. The van der Waals surface area contributed by atoms with E-state index < -0.39 is 0 Å². The first-order valence-electron chi connectivity index (χ1n) is 10.3. The van der Waals surface area contributed by atoms with E-state index in [0.717, 1.165) is 37.2 Å². The number of nitrogen functional groups attached to an aromatic ring is 1. The molecule has 0 bridgehead atoms. The number of aromatic nitrogens is 4. The third-order valence-electron chi connectivity index (χ3n) is 5.81. The third kappa shape index (κ3) is 3.70. The molecule has 0 spiro atoms. The summed E-state index contributed by atoms with van der Waals surface area (Å²) < 4.78 is 15.2. The lowest BCUT2D eigenvalue weighted by molar-refractivity contribution is 0.435. The zero-order valence-corrected chi connectivity index (χ0v) is 17.8. The van der Waals surface area contributed by atoms with E-state index in [1.807, 2.05) is 12.1 Å². The molecule has 0 saturated carbocycles. The molecule has 1 saturated heterocycles. The van der Waals surface area contributed by atoms with Gasteiger partial charge in [-0.3, -0.25) is 0 Å². The Morgan fingerprint density at radius 3 is 2.35 bits per heavy atom. The second kappa shape index (κ2) is 7.81. The fraction of sp³-hybridized carbons (Fsp3) is 0.261. The molecule has 5 rings (SSSR count). The number of piperidine rings is 1. The van der Waals surface area contributed by atoms with E-state index in [1.165, 1.54) is 12.1 Å². The van der Waals surface area contributed by atoms with Crippen molar-refractivity contribution in [2.45, 2.75) is 19.8 Å². The van der Waals surface area contributed by atoms with Crippen LogP contribution in [0, 0.1) is 11.7 Å². The van der Waals surface area contributed by atoms with Gasteiger partial charge in [0, 0.05) is 23.7 Å². The van der Waals surface area contributed by atoms with Gasteiger partial charge < -0.3 is 10.6 Å². The first kappa shape index (κ1) is 19.8. The normalized spacial score (nSPS) is 15.0. The van der Waals surface area contributed by atoms with Crippen molar-refractivity contribution in [3.8, 4) is 16.9 Å². The highest BCUT2D eigenvalue weighted by molar-refractivity contribution is 6.30. The molecule has 1 aliphatic rings. The van der Waals surface area contributed by atoms with E-state index in [0.29, 0.717) is 39.4 Å². The molecule has 0 radical (unpaired) electrons. The molecule has 4 aromatic rings. The molecule has 0 amide bonds. The van der Waals surface area contributed by atoms with E-state index in [4.69, 9.17) is 27.3 Å². The molecular formula is C23H22ClFN6. The lowest BCUT2D eigenvalue weighted by atomic mass is 9.99. The van der Waals surface area contributed by atoms with E-state index >= 15 is 0 Å². The Hall–Kier alpha value is -3.19. The molecule has 6 nitrogen and oxygen atoms in total. The van der Waals surface area contributed by atoms with Gasteiger partial charge in [0.2, 0.25) is 5.95 Å². The van der Waals surface area contributed by atoms with E-state index in [9.17, 15) is 4.39 Å². The number of halogens is 2. The number of benzene rings is 2. The van der Waals surface area contributed by atoms with Crippen molar-refractivity contribution in [1.29, 1.82) is 0 Å². The lowest BCUT2D eigenvalue weighted by Gasteiger charge is -2.30. The zero-order valence-electron chi connectivity index (χ0n) is 17.1. The van der Waals surface area contributed by atoms with Crippen LogP contribution in [0.3, 0.4) is 0 Å². The minimum atomic E-state index is -0.302. The number of fused-ring (bicyclic) bond motifs is 1. The number of hydrogen-bond donors (Lipinski definition) is 1. The summed E-state index contributed by atoms with van der Waals surface area (Å²) in [5, 5.41) is 5.96. The van der Waals surface area contributed by atoms with Gasteiger partial charge in [-0.2, -0.15) is 4.98 Å². The van der Waals surface area contributed by atoms with Crippen molar-refractivity contribution in [3.63, 3.8) is 0 Å². The zero-order chi connectivity index (χ0) is 21.5. The monoisotopic (exact) mass is 436 g/mol. The van der Waals surface area contributed by atoms with Gasteiger partial charge in [0.25, 0.3) is 0 Å². The molecule has 2 aromatic heterocycles. The van der Waals surface area contributed by atoms with Crippen LogP contribution in [-0.4, -0.2) is 32.8 Å². The minimum Gasteiger partial charge on any atom is -0.383 e. The van der Waals surface area contributed by atoms with Gasteiger partial charge in [-0.05, 0) is 67.3 Å². The van der Waals surface area contributed by atoms with Crippen molar-refractivity contribution < 1.29 is 4.39 Å². The van der Waals surface area contributed by atoms with E-state index in [-0.39, 0.29) is 5.82 Å². The van der Waals surface area contributed by atoms with Gasteiger partial charge in [0.15, 0.2) is 5.65 Å². The van der Waals surface area contributed by atoms with Crippen molar-refractivity contribution in [3.05, 3.63) is 59.4 Å². The molecule has 0 atom stereocenters. The molecule has 31 heavy (non-hydrogen) atoms. The van der Waals surface area contributed by atoms with Crippen molar-refractivity contribution >= 4 is 34.4 Å². The summed E-state index contributed by atoms with van der Waals surface area (Å²) >= 11 is 6.03. The Balaban J connectivity index is 1.70. The molecule has 8 heteroatoms. The van der Waals surface area contributed by atoms with Gasteiger partial charge in [-0.25, -0.2) is 14.1 Å². The minimum absolute atomic E-state index is 0.302. The van der Waals surface area contributed by atoms with Gasteiger partial charge in [0.1, 0.15) is 11.6 Å². The highest BCUT2D eigenvalue weighted by Crippen LogP contribution is 2.34. The van der Waals surface area contributed by atoms with E-state index in [1.54, 1.807) is 28.9 Å². The van der Waals surface area contributed by atoms with Crippen molar-refractivity contribution in [2.24, 2.45) is 5.92 Å². The first-order valence-corrected chi connectivity index (χ1v) is 10.7. The SMILES string of the molecule is CC1CCN(c2nc(-c3ccc(F)cc3)c3c(N)n(-c4ccc(Cl)cc4)nc3n2)CC1. The number of hydrogen-bond acceptors (Lipinski definition) is 5. The van der Waals surface area contributed by atoms with Gasteiger partial charge in [0.05, 0.1) is 16.8 Å². The first-order chi connectivity index (χ1) is 15.0. The van der Waals surface area contributed by atoms with Crippen LogP contribution in [-0.2, 0) is 0 Å². The standard InChI is InChI=1S/C23H22ClFN6/c1-14-10-12-30(13-11-14)23-27-20(15-2-6-17(25)7-3-15)19-21(26)31(29-22(19)28-23)18-8-4-16(24)5-9-18/h2-9,14H,10-13,26H2,1H3. The highest BCUT2D eigenvalue weighted by Gasteiger charge is 2.23. The van der Waals surface area contributed by atoms with Gasteiger partial charge in [-0.1, -0.05) is 18.5 Å². The average Bonchev–Trinajstić information content (AvgIpc) is 3.11. The van der Waals surface area contributed by atoms with Crippen LogP contribution in [0.4, 0.5) is 16.2 Å². The summed E-state index contributed by atoms with van der Waals surface area (Å²) in [6.07, 6.45) is 2.18. The second-order valence-electron chi connectivity index (χ2n) is 8.02. The Kier molecular flexibility index (Phi) is 4.98. The summed E-state index contributed by atoms with van der Waals surface area (Å²) in [4.78, 5) is 11.8. The highest BCUT2D eigenvalue weighted by atomic mass is 35.5. The summed E-state index contributed by atoms with van der Waals surface area (Å²) in [5.41, 5.74) is 9.23. The van der Waals surface area contributed by atoms with Crippen LogP contribution < -0.4 is 10.6 Å². The average molecular weight is 437 g/mol. The van der Waals surface area contributed by atoms with Crippen LogP contribution in [0.2, 0.25) is 5.02 Å². The Morgan fingerprint density at radius 2 is 1.68 bits per heavy atom. The Labute approximate surface area is 184 Å². The lowest BCUT2D eigenvalue weighted by Crippen LogP contribution is -2.34. The van der Waals surface area contributed by atoms with Crippen LogP contribution in [0.15, 0.2) is 48.5 Å². The van der Waals surface area contributed by atoms with Crippen LogP contribution in [0.1, 0.15) is 19.8 Å². The molecule has 2 aromatic carbocycles. The van der Waals surface area contributed by atoms with Crippen LogP contribution >= 0.6 is 11.6 Å². The summed E-state index contributed by atoms with van der Waals surface area (Å²) in [5.74, 6) is 1.44. The summed E-state index contributed by atoms with van der Waals surface area (Å²) in [6.45, 7) is 4.05. The largest absolute Gasteiger partial charge is 0.383 e. The molecule has 2 N–H and O–H groups in total. The number of nitrogens with two attached hydrogens (primary N) is 1. The van der Waals surface area contributed by atoms with E-state index in [2.05, 4.69) is 16.9 Å². The maximum atomic E-state index is 13.6. The molecule has 3 heterocycles. The quantitative estimate of drug-likeness (QED) is 0.484.